The highest BCUT2D eigenvalue weighted by Gasteiger charge is 2.23. The summed E-state index contributed by atoms with van der Waals surface area (Å²) < 4.78 is 1.19. The quantitative estimate of drug-likeness (QED) is 0.537. The lowest BCUT2D eigenvalue weighted by atomic mass is 10.0. The van der Waals surface area contributed by atoms with Crippen molar-refractivity contribution in [1.82, 2.24) is 24.8 Å². The summed E-state index contributed by atoms with van der Waals surface area (Å²) >= 11 is 0. The fourth-order valence-corrected chi connectivity index (χ4v) is 2.26. The number of imidazole rings is 1. The van der Waals surface area contributed by atoms with E-state index in [1.54, 1.807) is 13.8 Å². The van der Waals surface area contributed by atoms with Crippen molar-refractivity contribution < 1.29 is 14.7 Å². The Morgan fingerprint density at radius 3 is 2.54 bits per heavy atom. The number of aliphatic carboxylic acids is 1. The standard InChI is InChI=1S/C14H19N5O5/c1-6(2)9(13(22)23)17-8(20)5-4-7-15-10-11(16-7)19(3)14(24)18-12(10)21/h6,9H,4-5H2,1-3H3,(H,15,16)(H,17,20)(H,22,23)(H,18,21,24)/t9-/m1/s1. The van der Waals surface area contributed by atoms with Gasteiger partial charge in [0.1, 0.15) is 17.4 Å². The number of amides is 1. The van der Waals surface area contributed by atoms with Gasteiger partial charge in [-0.1, -0.05) is 13.8 Å². The zero-order chi connectivity index (χ0) is 18.0. The van der Waals surface area contributed by atoms with Gasteiger partial charge in [0.25, 0.3) is 5.56 Å². The van der Waals surface area contributed by atoms with Crippen LogP contribution >= 0.6 is 0 Å². The van der Waals surface area contributed by atoms with Gasteiger partial charge in [-0.25, -0.2) is 14.6 Å². The normalized spacial score (nSPS) is 12.5. The fraction of sp³-hybridized carbons (Fsp3) is 0.500. The molecule has 10 heteroatoms. The van der Waals surface area contributed by atoms with Crippen LogP contribution in [0.3, 0.4) is 0 Å². The summed E-state index contributed by atoms with van der Waals surface area (Å²) in [6.07, 6.45) is 0.181. The fourth-order valence-electron chi connectivity index (χ4n) is 2.26. The Labute approximate surface area is 135 Å². The average Bonchev–Trinajstić information content (AvgIpc) is 2.92. The third-order valence-electron chi connectivity index (χ3n) is 3.64. The summed E-state index contributed by atoms with van der Waals surface area (Å²) in [4.78, 5) is 55.3. The Bertz CT molecular complexity index is 891. The van der Waals surface area contributed by atoms with Gasteiger partial charge in [-0.3, -0.25) is 19.1 Å². The van der Waals surface area contributed by atoms with Crippen LogP contribution in [0, 0.1) is 5.92 Å². The molecule has 2 heterocycles. The van der Waals surface area contributed by atoms with Crippen molar-refractivity contribution in [3.8, 4) is 0 Å². The minimum atomic E-state index is -1.09. The summed E-state index contributed by atoms with van der Waals surface area (Å²) in [5, 5.41) is 11.5. The van der Waals surface area contributed by atoms with Gasteiger partial charge in [-0.05, 0) is 5.92 Å². The van der Waals surface area contributed by atoms with E-state index in [2.05, 4.69) is 20.3 Å². The number of nitrogens with zero attached hydrogens (tertiary/aromatic N) is 2. The zero-order valence-corrected chi connectivity index (χ0v) is 13.5. The van der Waals surface area contributed by atoms with E-state index in [0.29, 0.717) is 5.82 Å². The summed E-state index contributed by atoms with van der Waals surface area (Å²) in [7, 11) is 1.47. The lowest BCUT2D eigenvalue weighted by molar-refractivity contribution is -0.143. The van der Waals surface area contributed by atoms with Crippen LogP contribution in [0.2, 0.25) is 0 Å². The largest absolute Gasteiger partial charge is 0.480 e. The molecule has 0 saturated carbocycles. The molecule has 4 N–H and O–H groups in total. The molecule has 2 aromatic rings. The molecular formula is C14H19N5O5. The molecule has 0 bridgehead atoms. The molecule has 0 radical (unpaired) electrons. The maximum atomic E-state index is 11.9. The zero-order valence-electron chi connectivity index (χ0n) is 13.5. The number of aromatic nitrogens is 4. The average molecular weight is 337 g/mol. The molecule has 1 amide bonds. The van der Waals surface area contributed by atoms with Crippen molar-refractivity contribution in [2.24, 2.45) is 13.0 Å². The molecule has 0 aliphatic rings. The molecule has 0 aromatic carbocycles. The molecule has 10 nitrogen and oxygen atoms in total. The molecule has 24 heavy (non-hydrogen) atoms. The first-order chi connectivity index (χ1) is 11.2. The molecule has 0 fully saturated rings. The lowest BCUT2D eigenvalue weighted by Crippen LogP contribution is -2.44. The highest BCUT2D eigenvalue weighted by molar-refractivity contribution is 5.83. The number of hydrogen-bond donors (Lipinski definition) is 4. The van der Waals surface area contributed by atoms with Gasteiger partial charge < -0.3 is 15.4 Å². The summed E-state index contributed by atoms with van der Waals surface area (Å²) in [6, 6.07) is -0.961. The van der Waals surface area contributed by atoms with Crippen LogP contribution in [0.25, 0.3) is 11.2 Å². The Kier molecular flexibility index (Phi) is 4.86. The molecular weight excluding hydrogens is 318 g/mol. The second-order valence-corrected chi connectivity index (χ2v) is 5.83. The summed E-state index contributed by atoms with van der Waals surface area (Å²) in [6.45, 7) is 3.40. The number of carboxylic acid groups (broad SMARTS) is 1. The van der Waals surface area contributed by atoms with Crippen LogP contribution in [0.1, 0.15) is 26.1 Å². The van der Waals surface area contributed by atoms with Crippen LogP contribution in [0.5, 0.6) is 0 Å². The number of aryl methyl sites for hydroxylation is 2. The number of carbonyl (C=O) groups is 2. The Hall–Kier alpha value is -2.91. The van der Waals surface area contributed by atoms with E-state index in [1.807, 2.05) is 0 Å². The first-order valence-electron chi connectivity index (χ1n) is 7.40. The molecule has 0 aliphatic heterocycles. The molecule has 0 saturated heterocycles. The van der Waals surface area contributed by atoms with Crippen LogP contribution < -0.4 is 16.6 Å². The van der Waals surface area contributed by atoms with Gasteiger partial charge in [0.15, 0.2) is 5.65 Å². The van der Waals surface area contributed by atoms with E-state index in [4.69, 9.17) is 5.11 Å². The van der Waals surface area contributed by atoms with Gasteiger partial charge in [0, 0.05) is 19.9 Å². The van der Waals surface area contributed by atoms with Crippen LogP contribution in [0.4, 0.5) is 0 Å². The van der Waals surface area contributed by atoms with Gasteiger partial charge in [0.2, 0.25) is 5.91 Å². The monoisotopic (exact) mass is 337 g/mol. The van der Waals surface area contributed by atoms with Gasteiger partial charge in [-0.15, -0.1) is 0 Å². The van der Waals surface area contributed by atoms with E-state index in [0.717, 1.165) is 0 Å². The molecule has 130 valence electrons. The molecule has 0 spiro atoms. The maximum Gasteiger partial charge on any atom is 0.329 e. The second-order valence-electron chi connectivity index (χ2n) is 5.83. The van der Waals surface area contributed by atoms with Crippen molar-refractivity contribution in [2.75, 3.05) is 0 Å². The highest BCUT2D eigenvalue weighted by Crippen LogP contribution is 2.07. The number of H-pyrrole nitrogens is 2. The number of nitrogens with one attached hydrogen (secondary N) is 3. The molecule has 1 atom stereocenters. The Morgan fingerprint density at radius 2 is 1.96 bits per heavy atom. The van der Waals surface area contributed by atoms with Crippen LogP contribution in [0.15, 0.2) is 9.59 Å². The van der Waals surface area contributed by atoms with Gasteiger partial charge in [-0.2, -0.15) is 0 Å². The third kappa shape index (κ3) is 3.53. The number of fused-ring (bicyclic) bond motifs is 1. The lowest BCUT2D eigenvalue weighted by Gasteiger charge is -2.17. The Balaban J connectivity index is 2.11. The molecule has 2 rings (SSSR count). The van der Waals surface area contributed by atoms with E-state index in [1.165, 1.54) is 11.6 Å². The maximum absolute atomic E-state index is 11.9. The van der Waals surface area contributed by atoms with Crippen molar-refractivity contribution in [2.45, 2.75) is 32.7 Å². The van der Waals surface area contributed by atoms with Crippen molar-refractivity contribution in [3.05, 3.63) is 26.7 Å². The molecule has 0 aliphatic carbocycles. The number of carbonyl (C=O) groups excluding carboxylic acids is 1. The predicted molar refractivity (Wildman–Crippen MR) is 84.7 cm³/mol. The number of carboxylic acids is 1. The van der Waals surface area contributed by atoms with Crippen LogP contribution in [-0.2, 0) is 23.1 Å². The van der Waals surface area contributed by atoms with E-state index in [-0.39, 0.29) is 29.9 Å². The van der Waals surface area contributed by atoms with Crippen LogP contribution in [-0.4, -0.2) is 42.5 Å². The van der Waals surface area contributed by atoms with Crippen molar-refractivity contribution in [1.29, 1.82) is 0 Å². The topological polar surface area (TPSA) is 150 Å². The SMILES string of the molecule is CC(C)[C@@H](NC(=O)CCc1nc2c([nH]1)c(=O)[nH]c(=O)n2C)C(=O)O. The minimum absolute atomic E-state index is 0.00216. The number of aromatic amines is 2. The molecule has 0 unspecified atom stereocenters. The van der Waals surface area contributed by atoms with E-state index >= 15 is 0 Å². The van der Waals surface area contributed by atoms with Gasteiger partial charge in [0.05, 0.1) is 0 Å². The smallest absolute Gasteiger partial charge is 0.329 e. The number of hydrogen-bond acceptors (Lipinski definition) is 5. The molecule has 2 aromatic heterocycles. The first kappa shape index (κ1) is 17.4. The van der Waals surface area contributed by atoms with Crippen molar-refractivity contribution >= 4 is 23.0 Å². The number of rotatable bonds is 6. The van der Waals surface area contributed by atoms with E-state index in [9.17, 15) is 19.2 Å². The predicted octanol–water partition coefficient (Wildman–Crippen LogP) is -0.892. The first-order valence-corrected chi connectivity index (χ1v) is 7.40. The Morgan fingerprint density at radius 1 is 1.29 bits per heavy atom. The minimum Gasteiger partial charge on any atom is -0.480 e. The highest BCUT2D eigenvalue weighted by atomic mass is 16.4. The van der Waals surface area contributed by atoms with Gasteiger partial charge >= 0.3 is 11.7 Å². The van der Waals surface area contributed by atoms with E-state index < -0.39 is 29.2 Å². The summed E-state index contributed by atoms with van der Waals surface area (Å²) in [5.74, 6) is -1.41. The summed E-state index contributed by atoms with van der Waals surface area (Å²) in [5.41, 5.74) is -0.811. The van der Waals surface area contributed by atoms with Crippen molar-refractivity contribution in [3.63, 3.8) is 0 Å². The second kappa shape index (κ2) is 6.69. The third-order valence-corrected chi connectivity index (χ3v) is 3.64.